The summed E-state index contributed by atoms with van der Waals surface area (Å²) >= 11 is 0. The van der Waals surface area contributed by atoms with Crippen molar-refractivity contribution in [3.63, 3.8) is 0 Å². The average Bonchev–Trinajstić information content (AvgIpc) is 2.64. The van der Waals surface area contributed by atoms with E-state index in [4.69, 9.17) is 9.84 Å². The van der Waals surface area contributed by atoms with Crippen molar-refractivity contribution in [1.82, 2.24) is 0 Å². The highest BCUT2D eigenvalue weighted by atomic mass is 19.3. The molecule has 0 spiro atoms. The van der Waals surface area contributed by atoms with Crippen LogP contribution in [0.5, 0.6) is 5.75 Å². The lowest BCUT2D eigenvalue weighted by Gasteiger charge is -2.27. The van der Waals surface area contributed by atoms with Gasteiger partial charge >= 0.3 is 18.3 Å². The maximum absolute atomic E-state index is 13.6. The lowest BCUT2D eigenvalue weighted by molar-refractivity contribution is -0.148. The van der Waals surface area contributed by atoms with Crippen LogP contribution in [0.1, 0.15) is 58.2 Å². The van der Waals surface area contributed by atoms with E-state index in [9.17, 15) is 22.4 Å². The van der Waals surface area contributed by atoms with Crippen LogP contribution in [0.3, 0.4) is 0 Å². The van der Waals surface area contributed by atoms with Crippen LogP contribution in [0, 0.1) is 0 Å². The SMILES string of the molecule is CCc1cc(C(C)=CC=CC(C)=CC(=O)O)c(OCC(F)(F)C(F)F)c(C(C)(C)C)c1. The molecule has 3 nitrogen and oxygen atoms in total. The summed E-state index contributed by atoms with van der Waals surface area (Å²) in [6.45, 7) is 9.57. The number of allylic oxidation sites excluding steroid dienone is 5. The smallest absolute Gasteiger partial charge is 0.340 e. The summed E-state index contributed by atoms with van der Waals surface area (Å²) in [7, 11) is 0. The zero-order valence-electron chi connectivity index (χ0n) is 18.7. The number of halogens is 4. The van der Waals surface area contributed by atoms with Crippen LogP contribution < -0.4 is 4.74 Å². The fourth-order valence-corrected chi connectivity index (χ4v) is 2.81. The van der Waals surface area contributed by atoms with E-state index in [2.05, 4.69) is 0 Å². The zero-order valence-corrected chi connectivity index (χ0v) is 18.7. The van der Waals surface area contributed by atoms with Crippen LogP contribution in [0.25, 0.3) is 5.57 Å². The van der Waals surface area contributed by atoms with Gasteiger partial charge in [-0.05, 0) is 48.5 Å². The third kappa shape index (κ3) is 7.89. The largest absolute Gasteiger partial charge is 0.486 e. The molecule has 0 amide bonds. The number of carbonyl (C=O) groups is 1. The van der Waals surface area contributed by atoms with Gasteiger partial charge in [0.05, 0.1) is 0 Å². The number of aryl methyl sites for hydroxylation is 1. The number of carboxylic acids is 1. The maximum atomic E-state index is 13.6. The van der Waals surface area contributed by atoms with Crippen molar-refractivity contribution in [3.05, 3.63) is 58.7 Å². The quantitative estimate of drug-likeness (QED) is 0.259. The first-order valence-electron chi connectivity index (χ1n) is 9.91. The molecule has 0 saturated heterocycles. The van der Waals surface area contributed by atoms with Crippen molar-refractivity contribution >= 4 is 11.5 Å². The van der Waals surface area contributed by atoms with Crippen molar-refractivity contribution < 1.29 is 32.2 Å². The molecular weight excluding hydrogens is 412 g/mol. The van der Waals surface area contributed by atoms with E-state index in [0.717, 1.165) is 11.6 Å². The van der Waals surface area contributed by atoms with Crippen LogP contribution >= 0.6 is 0 Å². The molecule has 0 aliphatic carbocycles. The molecule has 0 unspecified atom stereocenters. The molecule has 1 N–H and O–H groups in total. The highest BCUT2D eigenvalue weighted by Gasteiger charge is 2.42. The van der Waals surface area contributed by atoms with Gasteiger partial charge < -0.3 is 9.84 Å². The Labute approximate surface area is 181 Å². The number of aliphatic carboxylic acids is 1. The topological polar surface area (TPSA) is 46.5 Å². The molecule has 0 aliphatic heterocycles. The third-order valence-electron chi connectivity index (χ3n) is 4.57. The third-order valence-corrected chi connectivity index (χ3v) is 4.57. The fourth-order valence-electron chi connectivity index (χ4n) is 2.81. The minimum Gasteiger partial charge on any atom is -0.486 e. The molecule has 0 heterocycles. The highest BCUT2D eigenvalue weighted by molar-refractivity contribution is 5.81. The van der Waals surface area contributed by atoms with E-state index < -0.39 is 30.3 Å². The van der Waals surface area contributed by atoms with Gasteiger partial charge in [-0.2, -0.15) is 8.78 Å². The molecule has 0 aromatic heterocycles. The Balaban J connectivity index is 3.53. The summed E-state index contributed by atoms with van der Waals surface area (Å²) in [5.74, 6) is -5.19. The van der Waals surface area contributed by atoms with E-state index >= 15 is 0 Å². The van der Waals surface area contributed by atoms with Crippen molar-refractivity contribution in [1.29, 1.82) is 0 Å². The van der Waals surface area contributed by atoms with Gasteiger partial charge in [0.25, 0.3) is 0 Å². The van der Waals surface area contributed by atoms with Crippen LogP contribution in [-0.4, -0.2) is 30.0 Å². The Morgan fingerprint density at radius 2 is 1.81 bits per heavy atom. The number of hydrogen-bond acceptors (Lipinski definition) is 2. The van der Waals surface area contributed by atoms with E-state index in [0.29, 0.717) is 28.7 Å². The van der Waals surface area contributed by atoms with E-state index in [1.54, 1.807) is 38.1 Å². The summed E-state index contributed by atoms with van der Waals surface area (Å²) in [6.07, 6.45) is 2.84. The molecular formula is C24H30F4O3. The summed E-state index contributed by atoms with van der Waals surface area (Å²) in [4.78, 5) is 10.7. The zero-order chi connectivity index (χ0) is 24.0. The normalized spacial score (nSPS) is 13.9. The Kier molecular flexibility index (Phi) is 9.09. The molecule has 1 aromatic rings. The van der Waals surface area contributed by atoms with Gasteiger partial charge in [-0.15, -0.1) is 0 Å². The summed E-state index contributed by atoms with van der Waals surface area (Å²) in [5.41, 5.74) is 2.82. The monoisotopic (exact) mass is 442 g/mol. The number of alkyl halides is 4. The number of ether oxygens (including phenoxy) is 1. The van der Waals surface area contributed by atoms with Gasteiger partial charge in [-0.25, -0.2) is 13.6 Å². The molecule has 31 heavy (non-hydrogen) atoms. The van der Waals surface area contributed by atoms with Crippen molar-refractivity contribution in [2.45, 2.75) is 65.7 Å². The second kappa shape index (κ2) is 10.6. The minimum atomic E-state index is -4.27. The predicted molar refractivity (Wildman–Crippen MR) is 115 cm³/mol. The first-order valence-corrected chi connectivity index (χ1v) is 9.91. The molecule has 0 fully saturated rings. The summed E-state index contributed by atoms with van der Waals surface area (Å²) in [6, 6.07) is 3.65. The Bertz CT molecular complexity index is 876. The van der Waals surface area contributed by atoms with Crippen LogP contribution in [0.4, 0.5) is 17.6 Å². The maximum Gasteiger partial charge on any atom is 0.340 e. The van der Waals surface area contributed by atoms with Crippen LogP contribution in [0.2, 0.25) is 0 Å². The van der Waals surface area contributed by atoms with Gasteiger partial charge in [-0.3, -0.25) is 0 Å². The van der Waals surface area contributed by atoms with Crippen molar-refractivity contribution in [3.8, 4) is 5.75 Å². The summed E-state index contributed by atoms with van der Waals surface area (Å²) < 4.78 is 57.8. The molecule has 0 aliphatic rings. The van der Waals surface area contributed by atoms with Gasteiger partial charge in [0.2, 0.25) is 0 Å². The van der Waals surface area contributed by atoms with Crippen LogP contribution in [-0.2, 0) is 16.6 Å². The fraction of sp³-hybridized carbons (Fsp3) is 0.458. The minimum absolute atomic E-state index is 0.143. The van der Waals surface area contributed by atoms with Crippen molar-refractivity contribution in [2.75, 3.05) is 6.61 Å². The first kappa shape index (κ1) is 26.5. The van der Waals surface area contributed by atoms with E-state index in [1.807, 2.05) is 33.8 Å². The Morgan fingerprint density at radius 3 is 2.29 bits per heavy atom. The molecule has 0 atom stereocenters. The van der Waals surface area contributed by atoms with Crippen LogP contribution in [0.15, 0.2) is 42.0 Å². The Morgan fingerprint density at radius 1 is 1.19 bits per heavy atom. The van der Waals surface area contributed by atoms with E-state index in [1.165, 1.54) is 0 Å². The second-order valence-corrected chi connectivity index (χ2v) is 8.41. The second-order valence-electron chi connectivity index (χ2n) is 8.41. The van der Waals surface area contributed by atoms with Gasteiger partial charge in [0, 0.05) is 17.2 Å². The molecule has 0 radical (unpaired) electrons. The molecule has 1 rings (SSSR count). The van der Waals surface area contributed by atoms with Gasteiger partial charge in [0.15, 0.2) is 6.61 Å². The van der Waals surface area contributed by atoms with E-state index in [-0.39, 0.29) is 5.75 Å². The highest BCUT2D eigenvalue weighted by Crippen LogP contribution is 2.39. The lowest BCUT2D eigenvalue weighted by atomic mass is 9.82. The number of hydrogen-bond donors (Lipinski definition) is 1. The van der Waals surface area contributed by atoms with Gasteiger partial charge in [0.1, 0.15) is 5.75 Å². The molecule has 172 valence electrons. The first-order chi connectivity index (χ1) is 14.2. The average molecular weight is 442 g/mol. The molecule has 0 bridgehead atoms. The van der Waals surface area contributed by atoms with Crippen molar-refractivity contribution in [2.24, 2.45) is 0 Å². The lowest BCUT2D eigenvalue weighted by Crippen LogP contribution is -2.34. The standard InChI is InChI=1S/C24H30F4O3/c1-7-17-12-18(16(3)10-8-9-15(2)11-20(29)30)21(19(13-17)23(4,5)6)31-14-24(27,28)22(25)26/h8-13,22H,7,14H2,1-6H3,(H,29,30). The molecule has 7 heteroatoms. The molecule has 0 saturated carbocycles. The molecule has 1 aromatic carbocycles. The summed E-state index contributed by atoms with van der Waals surface area (Å²) in [5, 5.41) is 8.78. The Hall–Kier alpha value is -2.57. The van der Waals surface area contributed by atoms with Gasteiger partial charge in [-0.1, -0.05) is 52.0 Å². The number of carboxylic acid groups (broad SMARTS) is 1. The number of benzene rings is 1. The predicted octanol–water partition coefficient (Wildman–Crippen LogP) is 6.82. The number of rotatable bonds is 9.